The van der Waals surface area contributed by atoms with Gasteiger partial charge in [0.05, 0.1) is 88.5 Å². The van der Waals surface area contributed by atoms with Crippen molar-refractivity contribution in [3.05, 3.63) is 149 Å². The molecule has 0 radical (unpaired) electrons. The minimum absolute atomic E-state index is 0.00454. The van der Waals surface area contributed by atoms with Crippen LogP contribution in [0.5, 0.6) is 0 Å². The van der Waals surface area contributed by atoms with E-state index >= 15 is 0 Å². The van der Waals surface area contributed by atoms with Crippen LogP contribution in [-0.2, 0) is 107 Å². The zero-order valence-electron chi connectivity index (χ0n) is 81.9. The SMILES string of the molecule is CCCOCCOCCOCCOCCC(=O)N1CCc2cc(Cn3nc(-c4cnc5[nH]ccc5c4)c4c(N)ncnc43)ccc2C1.CNC(=O)c1cnc(N2CCN(c3ncc(CCC(=O)O[C@@H]4CC[C@@H](C[C@@H](C)[C@@H]5CC(=O)[C@H](C)/C=C(\C)[C@@H](O)[C@@H](OC)C(=O)[C@H](C)C[C@H](C)/C=C/C=C/C=C(\C)[C@@H](OC)C[C@@H]6CC[C@@H](C)[C@@](O)(O6)C(=O)C(=O)N6CCCC[C@H]6C(=O)O5)C[C@H]4OC)cn3)CC2)nc1. The molecule has 1 saturated carbocycles. The summed E-state index contributed by atoms with van der Waals surface area (Å²) in [7, 11) is 6.07. The molecule has 36 heteroatoms. The highest BCUT2D eigenvalue weighted by Gasteiger charge is 2.53. The number of aryl methyl sites for hydroxylation is 1. The number of aromatic nitrogens is 10. The second kappa shape index (κ2) is 51.7. The van der Waals surface area contributed by atoms with E-state index < -0.39 is 95.9 Å². The van der Waals surface area contributed by atoms with Crippen LogP contribution in [0.25, 0.3) is 33.3 Å². The monoisotopic (exact) mass is 1910 g/mol. The van der Waals surface area contributed by atoms with E-state index in [1.807, 2.05) is 84.0 Å². The number of carbonyl (C=O) groups is 8. The summed E-state index contributed by atoms with van der Waals surface area (Å²) in [5.41, 5.74) is 15.2. The number of allylic oxidation sites excluding steroid dienone is 6. The topological polar surface area (TPSA) is 444 Å². The van der Waals surface area contributed by atoms with Gasteiger partial charge in [-0.15, -0.1) is 0 Å². The van der Waals surface area contributed by atoms with Gasteiger partial charge in [-0.1, -0.05) is 96.2 Å². The van der Waals surface area contributed by atoms with E-state index in [4.69, 9.17) is 58.2 Å². The van der Waals surface area contributed by atoms with Gasteiger partial charge in [0, 0.05) is 166 Å². The Morgan fingerprint density at radius 1 is 0.710 bits per heavy atom. The molecule has 6 aliphatic rings. The lowest BCUT2D eigenvalue weighted by atomic mass is 9.78. The van der Waals surface area contributed by atoms with Crippen molar-refractivity contribution in [1.82, 2.24) is 64.8 Å². The second-order valence-electron chi connectivity index (χ2n) is 37.2. The van der Waals surface area contributed by atoms with Crippen molar-refractivity contribution in [3.63, 3.8) is 0 Å². The Balaban J connectivity index is 0.000000302. The first kappa shape index (κ1) is 106. The van der Waals surface area contributed by atoms with Crippen LogP contribution in [0.15, 0.2) is 121 Å². The number of aliphatic hydroxyl groups is 2. The average molecular weight is 1910 g/mol. The number of ether oxygens (including phenoxy) is 10. The number of rotatable bonds is 30. The maximum Gasteiger partial charge on any atom is 0.329 e. The number of Topliss-reactive ketones (excluding diaryl/α,β-unsaturated/α-hetero) is 3. The quantitative estimate of drug-likeness (QED) is 0.0121. The van der Waals surface area contributed by atoms with Gasteiger partial charge in [0.25, 0.3) is 17.6 Å². The van der Waals surface area contributed by atoms with Crippen LogP contribution in [0.3, 0.4) is 0 Å². The summed E-state index contributed by atoms with van der Waals surface area (Å²) in [6.07, 6.45) is 24.5. The van der Waals surface area contributed by atoms with Gasteiger partial charge in [0.1, 0.15) is 59.7 Å². The minimum atomic E-state index is -2.47. The van der Waals surface area contributed by atoms with Gasteiger partial charge >= 0.3 is 11.9 Å². The summed E-state index contributed by atoms with van der Waals surface area (Å²) in [5.74, 6) is -7.59. The van der Waals surface area contributed by atoms with Crippen LogP contribution in [0, 0.1) is 35.5 Å². The maximum absolute atomic E-state index is 14.7. The van der Waals surface area contributed by atoms with Crippen LogP contribution in [-0.4, -0.2) is 292 Å². The molecule has 6 aromatic heterocycles. The van der Waals surface area contributed by atoms with Crippen molar-refractivity contribution in [3.8, 4) is 11.3 Å². The van der Waals surface area contributed by atoms with E-state index in [-0.39, 0.29) is 67.0 Å². The Morgan fingerprint density at radius 3 is 2.10 bits per heavy atom. The third-order valence-electron chi connectivity index (χ3n) is 27.1. The molecular weight excluding hydrogens is 1770 g/mol. The summed E-state index contributed by atoms with van der Waals surface area (Å²) < 4.78 is 60.0. The Kier molecular flexibility index (Phi) is 39.7. The van der Waals surface area contributed by atoms with Gasteiger partial charge in [0.15, 0.2) is 11.4 Å². The van der Waals surface area contributed by atoms with Crippen molar-refractivity contribution in [2.75, 3.05) is 136 Å². The summed E-state index contributed by atoms with van der Waals surface area (Å²) in [6.45, 7) is 23.3. The fourth-order valence-electron chi connectivity index (χ4n) is 18.9. The van der Waals surface area contributed by atoms with Gasteiger partial charge in [-0.25, -0.2) is 44.4 Å². The summed E-state index contributed by atoms with van der Waals surface area (Å²) in [6, 6.07) is 9.22. The first-order valence-corrected chi connectivity index (χ1v) is 48.7. The molecule has 0 unspecified atom stereocenters. The highest BCUT2D eigenvalue weighted by atomic mass is 16.6. The van der Waals surface area contributed by atoms with Crippen LogP contribution in [0.4, 0.5) is 17.7 Å². The van der Waals surface area contributed by atoms with Crippen LogP contribution in [0.2, 0.25) is 0 Å². The number of fused-ring (bicyclic) bond motifs is 6. The molecule has 0 spiro atoms. The predicted octanol–water partition coefficient (Wildman–Crippen LogP) is 10.4. The van der Waals surface area contributed by atoms with Gasteiger partial charge in [-0.3, -0.25) is 33.6 Å². The number of H-pyrrole nitrogens is 1. The Hall–Kier alpha value is -11.1. The number of anilines is 3. The van der Waals surface area contributed by atoms with Crippen LogP contribution in [0.1, 0.15) is 184 Å². The van der Waals surface area contributed by atoms with Crippen molar-refractivity contribution < 1.29 is 95.9 Å². The van der Waals surface area contributed by atoms with Crippen LogP contribution >= 0.6 is 0 Å². The molecule has 138 heavy (non-hydrogen) atoms. The fourth-order valence-corrected chi connectivity index (χ4v) is 18.9. The number of ketones is 3. The summed E-state index contributed by atoms with van der Waals surface area (Å²) in [4.78, 5) is 152. The number of nitrogens with two attached hydrogens (primary N) is 1. The van der Waals surface area contributed by atoms with E-state index in [0.29, 0.717) is 215 Å². The number of pyridine rings is 1. The lowest BCUT2D eigenvalue weighted by Crippen LogP contribution is -2.61. The van der Waals surface area contributed by atoms with Gasteiger partial charge in [-0.05, 0) is 161 Å². The molecule has 748 valence electrons. The van der Waals surface area contributed by atoms with Gasteiger partial charge in [-0.2, -0.15) is 5.10 Å². The average Bonchev–Trinajstić information content (AvgIpc) is 1.52. The van der Waals surface area contributed by atoms with Crippen molar-refractivity contribution in [2.24, 2.45) is 35.5 Å². The first-order valence-electron chi connectivity index (χ1n) is 48.7. The summed E-state index contributed by atoms with van der Waals surface area (Å²) >= 11 is 0. The number of hydrogen-bond acceptors (Lipinski definition) is 31. The normalized spacial score (nSPS) is 26.3. The molecule has 4 fully saturated rings. The van der Waals surface area contributed by atoms with E-state index in [2.05, 4.69) is 75.2 Å². The standard InChI is InChI=1S/C68H98N8O15.C34H42N8O5/c1-41-17-13-12-14-18-42(2)55(86-9)35-51-23-20-47(7)68(85,91-51)62(81)64(83)76-26-16-15-19-52(76)65(84)90-56(36-53(77)43(3)32-46(6)60(80)61(88-11)59(79)45(5)31-41)44(4)33-48-21-24-54(57(34-48)87-10)89-58(78)25-22-49-37-70-66(71-38-49)74-27-29-75(30-28-74)67-72-39-50(40-73-67)63(82)69-8;1-2-10-44-12-14-46-16-17-47-15-13-45-11-7-29(43)41-9-6-25-18-24(3-4-27(25)22-41)21-42-34-30(32(35)38-23-39-34)31(40-42)28-19-26-5-8-36-33(26)37-20-28/h12-14,17-18,32,37-41,43-45,47-48,51-52,54-57,60-61,80,85H,15-16,19-31,33-36H2,1-11H3,(H,69,82);3-5,8,18-20,23H,2,6-7,9-17,21-22H2,1H3,(H,36,37)(H2,35,38,39)/b14-12+,17-13+,42-18+,46-32+;/t41-,43-,44-,45-,47-,48+,51+,52+,54-,55+,56+,57-,60-,61+,68-;/m1./s1. The van der Waals surface area contributed by atoms with Crippen molar-refractivity contribution in [1.29, 1.82) is 0 Å². The third-order valence-corrected chi connectivity index (χ3v) is 27.1. The number of cyclic esters (lactones) is 1. The second-order valence-corrected chi connectivity index (χ2v) is 37.2. The number of hydrogen-bond donors (Lipinski definition) is 5. The number of carbonyl (C=O) groups excluding carboxylic acids is 8. The van der Waals surface area contributed by atoms with Crippen LogP contribution < -0.4 is 20.9 Å². The first-order chi connectivity index (χ1) is 66.6. The number of amides is 3. The number of benzene rings is 1. The largest absolute Gasteiger partial charge is 0.460 e. The molecule has 15 atom stereocenters. The van der Waals surface area contributed by atoms with Crippen molar-refractivity contribution in [2.45, 2.75) is 232 Å². The number of piperidine rings is 1. The number of esters is 2. The molecule has 1 aromatic carbocycles. The third kappa shape index (κ3) is 28.4. The maximum atomic E-state index is 14.7. The number of piperazine rings is 1. The number of aliphatic hydroxyl groups excluding tert-OH is 1. The molecule has 2 bridgehead atoms. The molecule has 3 saturated heterocycles. The number of nitrogens with one attached hydrogen (secondary N) is 2. The lowest BCUT2D eigenvalue weighted by Gasteiger charge is -2.42. The summed E-state index contributed by atoms with van der Waals surface area (Å²) in [5, 5.41) is 32.9. The Bertz CT molecular complexity index is 5350. The van der Waals surface area contributed by atoms with E-state index in [1.54, 1.807) is 73.6 Å². The van der Waals surface area contributed by atoms with Crippen molar-refractivity contribution >= 4 is 86.8 Å². The molecule has 1 aliphatic carbocycles. The van der Waals surface area contributed by atoms with Gasteiger partial charge in [0.2, 0.25) is 23.6 Å². The molecule has 13 rings (SSSR count). The predicted molar refractivity (Wildman–Crippen MR) is 517 cm³/mol. The zero-order chi connectivity index (χ0) is 98.5. The molecular formula is C102H140N16O20. The number of nitrogen functional groups attached to an aromatic ring is 1. The zero-order valence-corrected chi connectivity index (χ0v) is 81.9. The highest BCUT2D eigenvalue weighted by molar-refractivity contribution is 6.39. The number of methoxy groups -OCH3 is 3. The fraction of sp³-hybridized carbons (Fsp3) is 0.588. The molecule has 3 amide bonds. The molecule has 5 aliphatic heterocycles. The van der Waals surface area contributed by atoms with E-state index in [0.717, 1.165) is 58.3 Å². The molecule has 6 N–H and O–H groups in total. The number of nitrogens with zero attached hydrogens (tertiary/aromatic N) is 13. The van der Waals surface area contributed by atoms with E-state index in [9.17, 15) is 48.6 Å². The Labute approximate surface area is 807 Å². The molecule has 7 aromatic rings. The van der Waals surface area contributed by atoms with Gasteiger partial charge < -0.3 is 93.2 Å². The molecule has 36 nitrogen and oxygen atoms in total. The number of aromatic amines is 1. The van der Waals surface area contributed by atoms with E-state index in [1.165, 1.54) is 36.3 Å². The highest BCUT2D eigenvalue weighted by Crippen LogP contribution is 2.40. The smallest absolute Gasteiger partial charge is 0.329 e. The Morgan fingerprint density at radius 2 is 1.41 bits per heavy atom. The lowest BCUT2D eigenvalue weighted by molar-refractivity contribution is -0.265. The minimum Gasteiger partial charge on any atom is -0.460 e. The molecule has 11 heterocycles.